The normalized spacial score (nSPS) is 23.9. The fraction of sp³-hybridized carbons (Fsp3) is 0.750. The van der Waals surface area contributed by atoms with E-state index in [-0.39, 0.29) is 12.0 Å². The first kappa shape index (κ1) is 14.2. The molecule has 2 aliphatic heterocycles. The van der Waals surface area contributed by atoms with Crippen LogP contribution in [0.1, 0.15) is 24.0 Å². The summed E-state index contributed by atoms with van der Waals surface area (Å²) in [5.74, 6) is 2.21. The van der Waals surface area contributed by atoms with Crippen molar-refractivity contribution in [2.75, 3.05) is 43.1 Å². The van der Waals surface area contributed by atoms with Gasteiger partial charge in [-0.25, -0.2) is 0 Å². The molecule has 2 fully saturated rings. The van der Waals surface area contributed by atoms with Crippen molar-refractivity contribution in [3.63, 3.8) is 0 Å². The highest BCUT2D eigenvalue weighted by Crippen LogP contribution is 2.31. The van der Waals surface area contributed by atoms with E-state index in [1.54, 1.807) is 0 Å². The number of hydrogen-bond acceptors (Lipinski definition) is 7. The third-order valence-electron chi connectivity index (χ3n) is 3.36. The van der Waals surface area contributed by atoms with E-state index in [9.17, 15) is 4.79 Å². The van der Waals surface area contributed by atoms with Gasteiger partial charge in [0.15, 0.2) is 0 Å². The Morgan fingerprint density at radius 1 is 1.40 bits per heavy atom. The fourth-order valence-electron chi connectivity index (χ4n) is 2.31. The van der Waals surface area contributed by atoms with Crippen LogP contribution in [0.2, 0.25) is 0 Å². The van der Waals surface area contributed by atoms with Crippen LogP contribution in [0, 0.1) is 0 Å². The lowest BCUT2D eigenvalue weighted by molar-refractivity contribution is -0.117. The number of nitrogens with one attached hydrogen (secondary N) is 1. The minimum atomic E-state index is -0.00746. The summed E-state index contributed by atoms with van der Waals surface area (Å²) in [7, 11) is 0. The van der Waals surface area contributed by atoms with E-state index >= 15 is 0 Å². The van der Waals surface area contributed by atoms with E-state index < -0.39 is 0 Å². The van der Waals surface area contributed by atoms with Crippen LogP contribution in [0.3, 0.4) is 0 Å². The molecule has 1 N–H and O–H groups in total. The molecule has 0 aliphatic carbocycles. The lowest BCUT2D eigenvalue weighted by Crippen LogP contribution is -2.38. The number of carbonyl (C=O) groups is 1. The van der Waals surface area contributed by atoms with Crippen molar-refractivity contribution in [1.82, 2.24) is 15.1 Å². The molecule has 1 aromatic heterocycles. The molecule has 8 heteroatoms. The smallest absolute Gasteiger partial charge is 0.240 e. The Labute approximate surface area is 126 Å². The molecular formula is C12H18N4O2S2. The number of hydrogen-bond donors (Lipinski definition) is 1. The molecule has 6 nitrogen and oxygen atoms in total. The van der Waals surface area contributed by atoms with Gasteiger partial charge in [-0.2, -0.15) is 11.8 Å². The van der Waals surface area contributed by atoms with Crippen LogP contribution < -0.4 is 5.32 Å². The minimum Gasteiger partial charge on any atom is -0.371 e. The van der Waals surface area contributed by atoms with Crippen molar-refractivity contribution in [2.24, 2.45) is 0 Å². The molecule has 0 bridgehead atoms. The minimum absolute atomic E-state index is 0.00746. The Balaban J connectivity index is 1.50. The fourth-order valence-corrected chi connectivity index (χ4v) is 4.13. The van der Waals surface area contributed by atoms with Crippen molar-refractivity contribution >= 4 is 34.1 Å². The monoisotopic (exact) mass is 314 g/mol. The van der Waals surface area contributed by atoms with Crippen molar-refractivity contribution in [3.05, 3.63) is 5.01 Å². The largest absolute Gasteiger partial charge is 0.371 e. The second-order valence-electron chi connectivity index (χ2n) is 4.88. The SMILES string of the molecule is O=C(CN1CCSCC1)Nc1nnc(C2CCCO2)s1. The molecular weight excluding hydrogens is 296 g/mol. The third-order valence-corrected chi connectivity index (χ3v) is 5.24. The number of anilines is 1. The van der Waals surface area contributed by atoms with Crippen LogP contribution in [-0.4, -0.2) is 58.8 Å². The molecule has 1 unspecified atom stereocenters. The quantitative estimate of drug-likeness (QED) is 0.905. The number of carbonyl (C=O) groups excluding carboxylic acids is 1. The van der Waals surface area contributed by atoms with E-state index in [0.29, 0.717) is 11.7 Å². The highest BCUT2D eigenvalue weighted by molar-refractivity contribution is 7.99. The van der Waals surface area contributed by atoms with E-state index in [1.807, 2.05) is 11.8 Å². The first-order valence-electron chi connectivity index (χ1n) is 6.86. The molecule has 0 radical (unpaired) electrons. The van der Waals surface area contributed by atoms with Gasteiger partial charge in [-0.15, -0.1) is 10.2 Å². The Bertz CT molecular complexity index is 456. The predicted molar refractivity (Wildman–Crippen MR) is 80.2 cm³/mol. The zero-order valence-electron chi connectivity index (χ0n) is 11.2. The maximum Gasteiger partial charge on any atom is 0.240 e. The van der Waals surface area contributed by atoms with Crippen molar-refractivity contribution in [2.45, 2.75) is 18.9 Å². The zero-order valence-corrected chi connectivity index (χ0v) is 12.8. The van der Waals surface area contributed by atoms with Crippen molar-refractivity contribution in [3.8, 4) is 0 Å². The molecule has 2 aliphatic rings. The summed E-state index contributed by atoms with van der Waals surface area (Å²) >= 11 is 3.36. The van der Waals surface area contributed by atoms with Gasteiger partial charge >= 0.3 is 0 Å². The molecule has 0 spiro atoms. The van der Waals surface area contributed by atoms with Gasteiger partial charge in [-0.3, -0.25) is 15.0 Å². The van der Waals surface area contributed by atoms with Gasteiger partial charge in [0.25, 0.3) is 0 Å². The van der Waals surface area contributed by atoms with Crippen LogP contribution in [0.5, 0.6) is 0 Å². The summed E-state index contributed by atoms with van der Waals surface area (Å²) in [4.78, 5) is 14.1. The average molecular weight is 314 g/mol. The van der Waals surface area contributed by atoms with Gasteiger partial charge in [0, 0.05) is 31.2 Å². The standard InChI is InChI=1S/C12H18N4O2S2/c17-10(8-16-3-6-19-7-4-16)13-12-15-14-11(20-12)9-2-1-5-18-9/h9H,1-8H2,(H,13,15,17). The number of ether oxygens (including phenoxy) is 1. The molecule has 1 atom stereocenters. The van der Waals surface area contributed by atoms with Gasteiger partial charge < -0.3 is 4.74 Å². The van der Waals surface area contributed by atoms with Gasteiger partial charge in [-0.05, 0) is 12.8 Å². The lowest BCUT2D eigenvalue weighted by Gasteiger charge is -2.24. The molecule has 1 aromatic rings. The summed E-state index contributed by atoms with van der Waals surface area (Å²) in [5, 5.41) is 12.4. The Hall–Kier alpha value is -0.700. The van der Waals surface area contributed by atoms with E-state index in [1.165, 1.54) is 11.3 Å². The Morgan fingerprint density at radius 2 is 2.25 bits per heavy atom. The summed E-state index contributed by atoms with van der Waals surface area (Å²) < 4.78 is 5.56. The van der Waals surface area contributed by atoms with E-state index in [4.69, 9.17) is 4.74 Å². The van der Waals surface area contributed by atoms with Gasteiger partial charge in [0.2, 0.25) is 11.0 Å². The van der Waals surface area contributed by atoms with Crippen LogP contribution in [0.4, 0.5) is 5.13 Å². The topological polar surface area (TPSA) is 67.4 Å². The summed E-state index contributed by atoms with van der Waals surface area (Å²) in [6.45, 7) is 3.19. The van der Waals surface area contributed by atoms with Gasteiger partial charge in [0.1, 0.15) is 11.1 Å². The number of thioether (sulfide) groups is 1. The maximum atomic E-state index is 12.0. The Kier molecular flexibility index (Phi) is 4.87. The summed E-state index contributed by atoms with van der Waals surface area (Å²) in [5.41, 5.74) is 0. The van der Waals surface area contributed by atoms with Crippen molar-refractivity contribution < 1.29 is 9.53 Å². The van der Waals surface area contributed by atoms with Crippen LogP contribution >= 0.6 is 23.1 Å². The second kappa shape index (κ2) is 6.84. The molecule has 3 rings (SSSR count). The zero-order chi connectivity index (χ0) is 13.8. The number of amides is 1. The predicted octanol–water partition coefficient (Wildman–Crippen LogP) is 1.38. The third kappa shape index (κ3) is 3.69. The molecule has 3 heterocycles. The number of aromatic nitrogens is 2. The lowest BCUT2D eigenvalue weighted by atomic mass is 10.2. The highest BCUT2D eigenvalue weighted by Gasteiger charge is 2.22. The summed E-state index contributed by atoms with van der Waals surface area (Å²) in [6.07, 6.45) is 2.13. The van der Waals surface area contributed by atoms with Crippen LogP contribution in [0.25, 0.3) is 0 Å². The molecule has 2 saturated heterocycles. The van der Waals surface area contributed by atoms with Crippen molar-refractivity contribution in [1.29, 1.82) is 0 Å². The maximum absolute atomic E-state index is 12.0. The summed E-state index contributed by atoms with van der Waals surface area (Å²) in [6, 6.07) is 0. The average Bonchev–Trinajstić information content (AvgIpc) is 3.10. The first-order valence-corrected chi connectivity index (χ1v) is 8.83. The number of rotatable bonds is 4. The Morgan fingerprint density at radius 3 is 3.00 bits per heavy atom. The van der Waals surface area contributed by atoms with Crippen LogP contribution in [-0.2, 0) is 9.53 Å². The molecule has 1 amide bonds. The van der Waals surface area contributed by atoms with Crippen LogP contribution in [0.15, 0.2) is 0 Å². The molecule has 110 valence electrons. The molecule has 0 aromatic carbocycles. The second-order valence-corrected chi connectivity index (χ2v) is 7.12. The number of nitrogens with zero attached hydrogens (tertiary/aromatic N) is 3. The highest BCUT2D eigenvalue weighted by atomic mass is 32.2. The van der Waals surface area contributed by atoms with E-state index in [0.717, 1.165) is 49.1 Å². The molecule has 0 saturated carbocycles. The molecule has 20 heavy (non-hydrogen) atoms. The van der Waals surface area contributed by atoms with Gasteiger partial charge in [-0.1, -0.05) is 11.3 Å². The first-order chi connectivity index (χ1) is 9.81. The van der Waals surface area contributed by atoms with E-state index in [2.05, 4.69) is 20.4 Å². The van der Waals surface area contributed by atoms with Gasteiger partial charge in [0.05, 0.1) is 6.54 Å².